The van der Waals surface area contributed by atoms with Crippen LogP contribution in [-0.2, 0) is 0 Å². The second-order valence-corrected chi connectivity index (χ2v) is 8.38. The Balaban J connectivity index is 1.85. The Morgan fingerprint density at radius 3 is 2.82 bits per heavy atom. The van der Waals surface area contributed by atoms with Crippen LogP contribution in [0, 0.1) is 13.8 Å². The van der Waals surface area contributed by atoms with E-state index in [1.807, 2.05) is 26.0 Å². The minimum Gasteiger partial charge on any atom is -0.496 e. The number of nitrogens with one attached hydrogen (secondary N) is 1. The number of benzene rings is 1. The summed E-state index contributed by atoms with van der Waals surface area (Å²) < 4.78 is 19.4. The highest BCUT2D eigenvalue weighted by atomic mass is 16.5. The van der Waals surface area contributed by atoms with Gasteiger partial charge >= 0.3 is 0 Å². The van der Waals surface area contributed by atoms with Gasteiger partial charge in [0.2, 0.25) is 5.88 Å². The number of nitrogens with two attached hydrogens (primary N) is 2. The first kappa shape index (κ1) is 21.1. The predicted molar refractivity (Wildman–Crippen MR) is 126 cm³/mol. The van der Waals surface area contributed by atoms with Gasteiger partial charge in [0.15, 0.2) is 11.2 Å². The molecular formula is C24H27N5O4. The molecule has 0 bridgehead atoms. The summed E-state index contributed by atoms with van der Waals surface area (Å²) in [7, 11) is 1.61. The quantitative estimate of drug-likeness (QED) is 0.426. The molecule has 4 heterocycles. The van der Waals surface area contributed by atoms with Gasteiger partial charge < -0.3 is 30.7 Å². The molecule has 1 fully saturated rings. The number of rotatable bonds is 5. The van der Waals surface area contributed by atoms with E-state index < -0.39 is 5.91 Å². The number of aromatic nitrogens is 2. The second kappa shape index (κ2) is 8.00. The summed E-state index contributed by atoms with van der Waals surface area (Å²) in [4.78, 5) is 17.4. The van der Waals surface area contributed by atoms with Gasteiger partial charge in [0, 0.05) is 12.1 Å². The van der Waals surface area contributed by atoms with Gasteiger partial charge in [0.1, 0.15) is 17.7 Å². The Labute approximate surface area is 190 Å². The van der Waals surface area contributed by atoms with E-state index in [0.717, 1.165) is 42.7 Å². The number of amides is 1. The minimum absolute atomic E-state index is 0.0153. The van der Waals surface area contributed by atoms with Crippen molar-refractivity contribution in [2.24, 2.45) is 5.73 Å². The lowest BCUT2D eigenvalue weighted by molar-refractivity contribution is 0.100. The lowest BCUT2D eigenvalue weighted by Crippen LogP contribution is -2.37. The first-order valence-corrected chi connectivity index (χ1v) is 10.9. The Hall–Kier alpha value is -3.72. The van der Waals surface area contributed by atoms with Crippen molar-refractivity contribution in [3.05, 3.63) is 41.2 Å². The molecule has 4 aromatic rings. The third-order valence-electron chi connectivity index (χ3n) is 6.32. The van der Waals surface area contributed by atoms with E-state index in [4.69, 9.17) is 30.3 Å². The number of methoxy groups -OCH3 is 1. The zero-order valence-electron chi connectivity index (χ0n) is 18.9. The molecule has 0 spiro atoms. The van der Waals surface area contributed by atoms with Gasteiger partial charge in [-0.05, 0) is 50.9 Å². The van der Waals surface area contributed by atoms with Crippen LogP contribution in [0.3, 0.4) is 0 Å². The third-order valence-corrected chi connectivity index (χ3v) is 6.32. The molecule has 1 atom stereocenters. The predicted octanol–water partition coefficient (Wildman–Crippen LogP) is 3.21. The van der Waals surface area contributed by atoms with Crippen molar-refractivity contribution >= 4 is 33.7 Å². The smallest absolute Gasteiger partial charge is 0.253 e. The number of hydrogen-bond acceptors (Lipinski definition) is 7. The number of ether oxygens (including phenoxy) is 2. The van der Waals surface area contributed by atoms with Crippen molar-refractivity contribution < 1.29 is 18.7 Å². The average Bonchev–Trinajstić information content (AvgIpc) is 3.38. The van der Waals surface area contributed by atoms with Crippen LogP contribution in [0.2, 0.25) is 0 Å². The summed E-state index contributed by atoms with van der Waals surface area (Å²) in [5.74, 6) is 0.673. The minimum atomic E-state index is -0.654. The molecule has 9 nitrogen and oxygen atoms in total. The number of carbonyl (C=O) groups excluding carboxylic acids is 1. The first-order chi connectivity index (χ1) is 15.9. The number of carbonyl (C=O) groups is 1. The zero-order chi connectivity index (χ0) is 23.3. The van der Waals surface area contributed by atoms with Crippen molar-refractivity contribution in [1.29, 1.82) is 0 Å². The molecule has 0 unspecified atom stereocenters. The van der Waals surface area contributed by atoms with Crippen LogP contribution in [0.5, 0.6) is 11.6 Å². The molecule has 9 heteroatoms. The Morgan fingerprint density at radius 1 is 1.30 bits per heavy atom. The summed E-state index contributed by atoms with van der Waals surface area (Å²) in [6, 6.07) is 5.62. The van der Waals surface area contributed by atoms with E-state index in [1.165, 1.54) is 0 Å². The number of piperidine rings is 1. The lowest BCUT2D eigenvalue weighted by atomic mass is 10.1. The molecule has 172 valence electrons. The fourth-order valence-corrected chi connectivity index (χ4v) is 4.75. The van der Waals surface area contributed by atoms with E-state index in [2.05, 4.69) is 5.32 Å². The largest absolute Gasteiger partial charge is 0.496 e. The summed E-state index contributed by atoms with van der Waals surface area (Å²) in [5, 5.41) is 4.49. The normalized spacial score (nSPS) is 16.4. The highest BCUT2D eigenvalue weighted by Gasteiger charge is 2.29. The fraction of sp³-hybridized carbons (Fsp3) is 0.333. The highest BCUT2D eigenvalue weighted by Crippen LogP contribution is 2.41. The first-order valence-electron chi connectivity index (χ1n) is 10.9. The van der Waals surface area contributed by atoms with Crippen LogP contribution in [0.15, 0.2) is 28.9 Å². The van der Waals surface area contributed by atoms with E-state index in [0.29, 0.717) is 33.6 Å². The number of anilines is 1. The fourth-order valence-electron chi connectivity index (χ4n) is 4.75. The molecule has 33 heavy (non-hydrogen) atoms. The highest BCUT2D eigenvalue weighted by molar-refractivity contribution is 6.19. The summed E-state index contributed by atoms with van der Waals surface area (Å²) in [6.07, 6.45) is 3.49. The Kier molecular flexibility index (Phi) is 5.13. The van der Waals surface area contributed by atoms with Crippen molar-refractivity contribution in [1.82, 2.24) is 14.9 Å². The van der Waals surface area contributed by atoms with Gasteiger partial charge in [0.05, 0.1) is 35.4 Å². The van der Waals surface area contributed by atoms with Gasteiger partial charge in [-0.25, -0.2) is 0 Å². The van der Waals surface area contributed by atoms with Crippen LogP contribution < -0.4 is 26.3 Å². The number of pyridine rings is 1. The Morgan fingerprint density at radius 2 is 2.12 bits per heavy atom. The molecule has 0 radical (unpaired) electrons. The van der Waals surface area contributed by atoms with Crippen LogP contribution in [0.1, 0.15) is 34.3 Å². The van der Waals surface area contributed by atoms with Gasteiger partial charge in [-0.2, -0.15) is 4.98 Å². The molecule has 5 rings (SSSR count). The standard InChI is InChI=1S/C24H27N5O4/c1-12-6-7-16(31-3)13(2)19(12)29-21(25)18(22(26)30)17-20-15(8-10-32-20)24(28-23(17)29)33-14-5-4-9-27-11-14/h6-8,10,14,27H,4-5,9,11,25H2,1-3H3,(H2,26,30)/t14-/m0/s1. The van der Waals surface area contributed by atoms with E-state index in [-0.39, 0.29) is 17.5 Å². The maximum atomic E-state index is 12.5. The molecule has 1 aromatic carbocycles. The maximum Gasteiger partial charge on any atom is 0.253 e. The molecule has 0 aliphatic carbocycles. The SMILES string of the molecule is COc1ccc(C)c(-n2c(N)c(C(N)=O)c3c4occc4c(O[C@H]4CCCNC4)nc32)c1C. The zero-order valence-corrected chi connectivity index (χ0v) is 18.9. The van der Waals surface area contributed by atoms with E-state index in [1.54, 1.807) is 24.0 Å². The van der Waals surface area contributed by atoms with Crippen molar-refractivity contribution in [3.8, 4) is 17.3 Å². The van der Waals surface area contributed by atoms with Crippen LogP contribution >= 0.6 is 0 Å². The molecule has 1 aliphatic heterocycles. The third kappa shape index (κ3) is 3.27. The molecule has 5 N–H and O–H groups in total. The van der Waals surface area contributed by atoms with Crippen LogP contribution in [-0.4, -0.2) is 41.8 Å². The van der Waals surface area contributed by atoms with E-state index in [9.17, 15) is 4.79 Å². The van der Waals surface area contributed by atoms with Crippen molar-refractivity contribution in [3.63, 3.8) is 0 Å². The summed E-state index contributed by atoms with van der Waals surface area (Å²) in [6.45, 7) is 5.62. The Bertz CT molecular complexity index is 1380. The molecular weight excluding hydrogens is 422 g/mol. The summed E-state index contributed by atoms with van der Waals surface area (Å²) in [5.41, 5.74) is 16.0. The topological polar surface area (TPSA) is 131 Å². The monoisotopic (exact) mass is 449 g/mol. The number of nitrogens with zero attached hydrogens (tertiary/aromatic N) is 2. The summed E-state index contributed by atoms with van der Waals surface area (Å²) >= 11 is 0. The average molecular weight is 450 g/mol. The number of aryl methyl sites for hydroxylation is 1. The number of fused-ring (bicyclic) bond motifs is 3. The lowest BCUT2D eigenvalue weighted by Gasteiger charge is -2.23. The number of furan rings is 1. The van der Waals surface area contributed by atoms with Gasteiger partial charge in [-0.15, -0.1) is 0 Å². The van der Waals surface area contributed by atoms with Gasteiger partial charge in [-0.1, -0.05) is 6.07 Å². The molecule has 1 amide bonds. The molecule has 1 aliphatic rings. The van der Waals surface area contributed by atoms with Crippen LogP contribution in [0.4, 0.5) is 5.82 Å². The number of hydrogen-bond donors (Lipinski definition) is 3. The maximum absolute atomic E-state index is 12.5. The molecule has 0 saturated carbocycles. The van der Waals surface area contributed by atoms with Gasteiger partial charge in [0.25, 0.3) is 5.91 Å². The second-order valence-electron chi connectivity index (χ2n) is 8.38. The van der Waals surface area contributed by atoms with Crippen LogP contribution in [0.25, 0.3) is 27.7 Å². The van der Waals surface area contributed by atoms with Gasteiger partial charge in [-0.3, -0.25) is 9.36 Å². The number of primary amides is 1. The number of nitrogen functional groups attached to an aromatic ring is 1. The van der Waals surface area contributed by atoms with E-state index >= 15 is 0 Å². The van der Waals surface area contributed by atoms with Crippen molar-refractivity contribution in [2.75, 3.05) is 25.9 Å². The molecule has 3 aromatic heterocycles. The molecule has 1 saturated heterocycles. The van der Waals surface area contributed by atoms with Crippen molar-refractivity contribution in [2.45, 2.75) is 32.8 Å².